The molecule has 5 heterocycles. The fraction of sp³-hybridized carbons (Fsp3) is 0.0526. The minimum atomic E-state index is 1.23. The van der Waals surface area contributed by atoms with E-state index in [1.807, 2.05) is 34.0 Å². The van der Waals surface area contributed by atoms with E-state index in [0.717, 1.165) is 0 Å². The molecule has 0 atom stereocenters. The number of hydrogen-bond donors (Lipinski definition) is 0. The van der Waals surface area contributed by atoms with Gasteiger partial charge >= 0.3 is 0 Å². The topological polar surface area (TPSA) is 9.86 Å². The molecule has 0 bridgehead atoms. The second-order valence-electron chi connectivity index (χ2n) is 11.2. The van der Waals surface area contributed by atoms with E-state index in [9.17, 15) is 0 Å². The number of nitrogens with zero attached hydrogens (tertiary/aromatic N) is 2. The first-order valence-corrected chi connectivity index (χ1v) is 16.8. The fourth-order valence-corrected chi connectivity index (χ4v) is 10.3. The van der Waals surface area contributed by atoms with Gasteiger partial charge in [-0.15, -0.1) is 34.0 Å². The Kier molecular flexibility index (Phi) is 5.57. The lowest BCUT2D eigenvalue weighted by Crippen LogP contribution is -1.85. The molecular formula is C38H26N2S3. The summed E-state index contributed by atoms with van der Waals surface area (Å²) in [5.74, 6) is 0. The van der Waals surface area contributed by atoms with Crippen LogP contribution in [0.2, 0.25) is 0 Å². The summed E-state index contributed by atoms with van der Waals surface area (Å²) in [5, 5.41) is 5.24. The van der Waals surface area contributed by atoms with Crippen molar-refractivity contribution in [3.05, 3.63) is 118 Å². The molecule has 0 aliphatic rings. The molecule has 9 rings (SSSR count). The standard InChI is InChI=1S/C38H26N2S3/c1-39-31-9-5-3-7-27(31)29-19-23(13-17-33(29)39)11-15-25-21-35-37(41-25)38-36(43-35)22-26(42-38)16-12-24-14-18-34-30(20-24)28-8-4-6-10-32(28)40(34)2/h3-22H,1-2H3/b15-11+,16-12+. The highest BCUT2D eigenvalue weighted by Gasteiger charge is 2.13. The third kappa shape index (κ3) is 3.96. The van der Waals surface area contributed by atoms with Crippen LogP contribution in [0.25, 0.3) is 86.7 Å². The third-order valence-corrected chi connectivity index (χ3v) is 12.3. The first-order chi connectivity index (χ1) is 21.1. The zero-order valence-electron chi connectivity index (χ0n) is 23.7. The smallest absolute Gasteiger partial charge is 0.0635 e. The van der Waals surface area contributed by atoms with Crippen LogP contribution in [0.3, 0.4) is 0 Å². The van der Waals surface area contributed by atoms with Crippen molar-refractivity contribution in [2.45, 2.75) is 0 Å². The lowest BCUT2D eigenvalue weighted by Gasteiger charge is -1.98. The highest BCUT2D eigenvalue weighted by Crippen LogP contribution is 2.44. The number of aryl methyl sites for hydroxylation is 2. The molecule has 4 aromatic carbocycles. The van der Waals surface area contributed by atoms with Gasteiger partial charge in [0.25, 0.3) is 0 Å². The SMILES string of the molecule is Cn1c2ccccc2c2cc(/C=C/c3cc4sc5cc(/C=C/c6ccc7c(c6)c6ccccc6n7C)sc5c4s3)ccc21. The summed E-state index contributed by atoms with van der Waals surface area (Å²) >= 11 is 5.70. The van der Waals surface area contributed by atoms with Crippen molar-refractivity contribution in [2.24, 2.45) is 14.1 Å². The number of thiophene rings is 3. The molecule has 206 valence electrons. The average molecular weight is 607 g/mol. The van der Waals surface area contributed by atoms with Gasteiger partial charge in [-0.25, -0.2) is 0 Å². The molecular weight excluding hydrogens is 581 g/mol. The number of aromatic nitrogens is 2. The maximum atomic E-state index is 2.35. The van der Waals surface area contributed by atoms with Crippen molar-refractivity contribution in [2.75, 3.05) is 0 Å². The van der Waals surface area contributed by atoms with Gasteiger partial charge in [0.15, 0.2) is 0 Å². The first kappa shape index (κ1) is 25.1. The quantitative estimate of drug-likeness (QED) is 0.189. The highest BCUT2D eigenvalue weighted by atomic mass is 32.1. The van der Waals surface area contributed by atoms with E-state index in [1.54, 1.807) is 0 Å². The fourth-order valence-electron chi connectivity index (χ4n) is 6.47. The lowest BCUT2D eigenvalue weighted by atomic mass is 10.1. The first-order valence-electron chi connectivity index (χ1n) is 14.4. The molecule has 0 amide bonds. The van der Waals surface area contributed by atoms with Crippen molar-refractivity contribution in [3.8, 4) is 0 Å². The summed E-state index contributed by atoms with van der Waals surface area (Å²) in [7, 11) is 4.30. The number of fused-ring (bicyclic) bond motifs is 9. The predicted molar refractivity (Wildman–Crippen MR) is 194 cm³/mol. The Morgan fingerprint density at radius 2 is 0.884 bits per heavy atom. The molecule has 0 aliphatic carbocycles. The molecule has 43 heavy (non-hydrogen) atoms. The molecule has 5 aromatic heterocycles. The summed E-state index contributed by atoms with van der Waals surface area (Å²) in [4.78, 5) is 2.60. The van der Waals surface area contributed by atoms with E-state index in [2.05, 4.69) is 145 Å². The minimum Gasteiger partial charge on any atom is -0.344 e. The van der Waals surface area contributed by atoms with Gasteiger partial charge in [0.1, 0.15) is 0 Å². The maximum absolute atomic E-state index is 2.35. The predicted octanol–water partition coefficient (Wildman–Crippen LogP) is 11.8. The van der Waals surface area contributed by atoms with Crippen LogP contribution in [0.5, 0.6) is 0 Å². The lowest BCUT2D eigenvalue weighted by molar-refractivity contribution is 1.01. The summed E-state index contributed by atoms with van der Waals surface area (Å²) in [6.07, 6.45) is 9.05. The third-order valence-electron chi connectivity index (χ3n) is 8.62. The highest BCUT2D eigenvalue weighted by molar-refractivity contribution is 7.38. The van der Waals surface area contributed by atoms with Gasteiger partial charge in [0.2, 0.25) is 0 Å². The summed E-state index contributed by atoms with van der Waals surface area (Å²) in [5.41, 5.74) is 7.56. The van der Waals surface area contributed by atoms with Gasteiger partial charge in [-0.3, -0.25) is 0 Å². The Morgan fingerprint density at radius 3 is 1.37 bits per heavy atom. The minimum absolute atomic E-state index is 1.23. The average Bonchev–Trinajstić information content (AvgIpc) is 3.82. The molecule has 0 saturated carbocycles. The van der Waals surface area contributed by atoms with Crippen LogP contribution in [0.15, 0.2) is 97.1 Å². The van der Waals surface area contributed by atoms with Crippen molar-refractivity contribution in [3.63, 3.8) is 0 Å². The van der Waals surface area contributed by atoms with Gasteiger partial charge in [0.05, 0.1) is 9.40 Å². The monoisotopic (exact) mass is 606 g/mol. The number of rotatable bonds is 4. The van der Waals surface area contributed by atoms with E-state index in [-0.39, 0.29) is 0 Å². The van der Waals surface area contributed by atoms with Crippen molar-refractivity contribution >= 4 is 121 Å². The molecule has 0 saturated heterocycles. The van der Waals surface area contributed by atoms with Crippen LogP contribution in [-0.2, 0) is 14.1 Å². The number of benzene rings is 4. The second kappa shape index (κ2) is 9.55. The van der Waals surface area contributed by atoms with Crippen LogP contribution in [0.4, 0.5) is 0 Å². The molecule has 0 spiro atoms. The van der Waals surface area contributed by atoms with Gasteiger partial charge in [-0.05, 0) is 71.8 Å². The number of hydrogen-bond acceptors (Lipinski definition) is 3. The molecule has 9 aromatic rings. The molecule has 0 radical (unpaired) electrons. The van der Waals surface area contributed by atoms with Gasteiger partial charge in [-0.2, -0.15) is 0 Å². The zero-order valence-corrected chi connectivity index (χ0v) is 26.1. The van der Waals surface area contributed by atoms with Crippen LogP contribution >= 0.6 is 34.0 Å². The summed E-state index contributed by atoms with van der Waals surface area (Å²) < 4.78 is 10.1. The Labute approximate surface area is 260 Å². The molecule has 5 heteroatoms. The summed E-state index contributed by atoms with van der Waals surface area (Å²) in [6, 6.07) is 35.6. The van der Waals surface area contributed by atoms with Gasteiger partial charge in [-0.1, -0.05) is 60.7 Å². The van der Waals surface area contributed by atoms with Crippen molar-refractivity contribution in [1.29, 1.82) is 0 Å². The van der Waals surface area contributed by atoms with E-state index < -0.39 is 0 Å². The van der Waals surface area contributed by atoms with E-state index in [0.29, 0.717) is 0 Å². The molecule has 2 nitrogen and oxygen atoms in total. The van der Waals surface area contributed by atoms with Crippen LogP contribution < -0.4 is 0 Å². The van der Waals surface area contributed by atoms with Crippen molar-refractivity contribution < 1.29 is 0 Å². The van der Waals surface area contributed by atoms with Gasteiger partial charge < -0.3 is 9.13 Å². The Hall–Kier alpha value is -4.42. The van der Waals surface area contributed by atoms with Crippen LogP contribution in [0.1, 0.15) is 20.9 Å². The Morgan fingerprint density at radius 1 is 0.442 bits per heavy atom. The van der Waals surface area contributed by atoms with Gasteiger partial charge in [0, 0.05) is 76.9 Å². The van der Waals surface area contributed by atoms with Crippen LogP contribution in [-0.4, -0.2) is 9.13 Å². The summed E-state index contributed by atoms with van der Waals surface area (Å²) in [6.45, 7) is 0. The van der Waals surface area contributed by atoms with E-state index in [1.165, 1.54) is 83.3 Å². The normalized spacial score (nSPS) is 12.7. The molecule has 0 N–H and O–H groups in total. The molecule has 0 fully saturated rings. The van der Waals surface area contributed by atoms with E-state index in [4.69, 9.17) is 0 Å². The largest absolute Gasteiger partial charge is 0.344 e. The Bertz CT molecular complexity index is 2410. The molecule has 0 aliphatic heterocycles. The van der Waals surface area contributed by atoms with E-state index >= 15 is 0 Å². The van der Waals surface area contributed by atoms with Crippen molar-refractivity contribution in [1.82, 2.24) is 9.13 Å². The molecule has 0 unspecified atom stereocenters. The maximum Gasteiger partial charge on any atom is 0.0635 e. The second-order valence-corrected chi connectivity index (χ2v) is 14.4. The Balaban J connectivity index is 1.01. The zero-order chi connectivity index (χ0) is 28.7. The van der Waals surface area contributed by atoms with Crippen LogP contribution in [0, 0.1) is 0 Å². The number of para-hydroxylation sites is 2.